The Bertz CT molecular complexity index is 325. The number of thiophene rings is 1. The molecule has 0 aliphatic carbocycles. The molecule has 0 saturated heterocycles. The molecule has 1 unspecified atom stereocenters. The third-order valence-corrected chi connectivity index (χ3v) is 4.14. The smallest absolute Gasteiger partial charge is 0.220 e. The van der Waals surface area contributed by atoms with Crippen LogP contribution in [0.3, 0.4) is 0 Å². The van der Waals surface area contributed by atoms with Crippen LogP contribution in [0.4, 0.5) is 0 Å². The van der Waals surface area contributed by atoms with Crippen LogP contribution in [0.25, 0.3) is 0 Å². The van der Waals surface area contributed by atoms with E-state index in [1.54, 1.807) is 11.3 Å². The van der Waals surface area contributed by atoms with Gasteiger partial charge in [0.1, 0.15) is 0 Å². The van der Waals surface area contributed by atoms with Crippen LogP contribution < -0.4 is 11.1 Å². The average molecular weight is 268 g/mol. The molecule has 1 aromatic rings. The van der Waals surface area contributed by atoms with Crippen molar-refractivity contribution < 1.29 is 4.79 Å². The molecular formula is C14H24N2OS. The SMILES string of the molecule is CCC(CCN)CCC(=O)NCCc1cccs1. The van der Waals surface area contributed by atoms with Crippen LogP contribution in [0.5, 0.6) is 0 Å². The third-order valence-electron chi connectivity index (χ3n) is 3.21. The van der Waals surface area contributed by atoms with Gasteiger partial charge < -0.3 is 11.1 Å². The minimum Gasteiger partial charge on any atom is -0.356 e. The summed E-state index contributed by atoms with van der Waals surface area (Å²) in [5.41, 5.74) is 5.55. The van der Waals surface area contributed by atoms with E-state index in [9.17, 15) is 4.79 Å². The highest BCUT2D eigenvalue weighted by Crippen LogP contribution is 2.14. The molecule has 0 bridgehead atoms. The fraction of sp³-hybridized carbons (Fsp3) is 0.643. The van der Waals surface area contributed by atoms with Gasteiger partial charge in [-0.3, -0.25) is 4.79 Å². The Balaban J connectivity index is 2.09. The minimum atomic E-state index is 0.169. The average Bonchev–Trinajstić information content (AvgIpc) is 2.87. The Hall–Kier alpha value is -0.870. The van der Waals surface area contributed by atoms with Crippen molar-refractivity contribution in [1.82, 2.24) is 5.32 Å². The number of carbonyl (C=O) groups is 1. The number of hydrogen-bond acceptors (Lipinski definition) is 3. The fourth-order valence-electron chi connectivity index (χ4n) is 1.99. The van der Waals surface area contributed by atoms with E-state index >= 15 is 0 Å². The Morgan fingerprint density at radius 1 is 1.50 bits per heavy atom. The normalized spacial score (nSPS) is 12.3. The zero-order chi connectivity index (χ0) is 13.2. The van der Waals surface area contributed by atoms with Gasteiger partial charge in [0, 0.05) is 17.8 Å². The predicted molar refractivity (Wildman–Crippen MR) is 77.7 cm³/mol. The number of amides is 1. The highest BCUT2D eigenvalue weighted by atomic mass is 32.1. The number of nitrogens with one attached hydrogen (secondary N) is 1. The van der Waals surface area contributed by atoms with Crippen molar-refractivity contribution >= 4 is 17.2 Å². The molecular weight excluding hydrogens is 244 g/mol. The molecule has 0 spiro atoms. The molecule has 102 valence electrons. The molecule has 1 atom stereocenters. The first-order chi connectivity index (χ1) is 8.76. The Labute approximate surface area is 114 Å². The van der Waals surface area contributed by atoms with E-state index in [-0.39, 0.29) is 5.91 Å². The Morgan fingerprint density at radius 3 is 2.94 bits per heavy atom. The van der Waals surface area contributed by atoms with E-state index in [1.807, 2.05) is 6.07 Å². The number of nitrogens with two attached hydrogens (primary N) is 1. The van der Waals surface area contributed by atoms with Crippen molar-refractivity contribution in [3.8, 4) is 0 Å². The molecule has 3 nitrogen and oxygen atoms in total. The summed E-state index contributed by atoms with van der Waals surface area (Å²) in [5.74, 6) is 0.764. The maximum Gasteiger partial charge on any atom is 0.220 e. The van der Waals surface area contributed by atoms with Gasteiger partial charge in [-0.25, -0.2) is 0 Å². The van der Waals surface area contributed by atoms with Gasteiger partial charge in [0.15, 0.2) is 0 Å². The van der Waals surface area contributed by atoms with E-state index in [2.05, 4.69) is 23.7 Å². The van der Waals surface area contributed by atoms with Crippen LogP contribution in [0.15, 0.2) is 17.5 Å². The van der Waals surface area contributed by atoms with Crippen LogP contribution >= 0.6 is 11.3 Å². The second kappa shape index (κ2) is 9.11. The predicted octanol–water partition coefficient (Wildman–Crippen LogP) is 2.56. The quantitative estimate of drug-likeness (QED) is 0.723. The van der Waals surface area contributed by atoms with Crippen LogP contribution in [-0.2, 0) is 11.2 Å². The lowest BCUT2D eigenvalue weighted by molar-refractivity contribution is -0.121. The van der Waals surface area contributed by atoms with Gasteiger partial charge in [-0.2, -0.15) is 0 Å². The molecule has 1 amide bonds. The number of carbonyl (C=O) groups excluding carboxylic acids is 1. The Morgan fingerprint density at radius 2 is 2.33 bits per heavy atom. The zero-order valence-corrected chi connectivity index (χ0v) is 12.0. The van der Waals surface area contributed by atoms with Gasteiger partial charge >= 0.3 is 0 Å². The number of hydrogen-bond donors (Lipinski definition) is 2. The van der Waals surface area contributed by atoms with Gasteiger partial charge in [0.05, 0.1) is 0 Å². The maximum absolute atomic E-state index is 11.7. The lowest BCUT2D eigenvalue weighted by atomic mass is 9.96. The van der Waals surface area contributed by atoms with Gasteiger partial charge in [0.25, 0.3) is 0 Å². The van der Waals surface area contributed by atoms with E-state index in [4.69, 9.17) is 5.73 Å². The van der Waals surface area contributed by atoms with Crippen molar-refractivity contribution in [3.63, 3.8) is 0 Å². The summed E-state index contributed by atoms with van der Waals surface area (Å²) in [4.78, 5) is 13.0. The molecule has 0 aliphatic rings. The molecule has 18 heavy (non-hydrogen) atoms. The van der Waals surface area contributed by atoms with Gasteiger partial charge in [-0.15, -0.1) is 11.3 Å². The topological polar surface area (TPSA) is 55.1 Å². The van der Waals surface area contributed by atoms with Crippen molar-refractivity contribution in [2.75, 3.05) is 13.1 Å². The zero-order valence-electron chi connectivity index (χ0n) is 11.2. The standard InChI is InChI=1S/C14H24N2OS/c1-2-12(7-9-15)5-6-14(17)16-10-8-13-4-3-11-18-13/h3-4,11-12H,2,5-10,15H2,1H3,(H,16,17). The molecule has 0 aliphatic heterocycles. The summed E-state index contributed by atoms with van der Waals surface area (Å²) < 4.78 is 0. The maximum atomic E-state index is 11.7. The molecule has 1 heterocycles. The van der Waals surface area contributed by atoms with Crippen molar-refractivity contribution in [3.05, 3.63) is 22.4 Å². The third kappa shape index (κ3) is 6.17. The first-order valence-electron chi connectivity index (χ1n) is 6.75. The van der Waals surface area contributed by atoms with Crippen LogP contribution in [0, 0.1) is 5.92 Å². The second-order valence-electron chi connectivity index (χ2n) is 4.57. The Kier molecular flexibility index (Phi) is 7.69. The second-order valence-corrected chi connectivity index (χ2v) is 5.60. The monoisotopic (exact) mass is 268 g/mol. The summed E-state index contributed by atoms with van der Waals surface area (Å²) in [6, 6.07) is 4.14. The van der Waals surface area contributed by atoms with E-state index in [0.29, 0.717) is 12.3 Å². The van der Waals surface area contributed by atoms with Crippen molar-refractivity contribution in [1.29, 1.82) is 0 Å². The first-order valence-corrected chi connectivity index (χ1v) is 7.63. The minimum absolute atomic E-state index is 0.169. The van der Waals surface area contributed by atoms with Crippen LogP contribution in [0.2, 0.25) is 0 Å². The lowest BCUT2D eigenvalue weighted by Gasteiger charge is -2.13. The van der Waals surface area contributed by atoms with Gasteiger partial charge in [-0.1, -0.05) is 19.4 Å². The van der Waals surface area contributed by atoms with E-state index in [0.717, 1.165) is 38.8 Å². The van der Waals surface area contributed by atoms with E-state index in [1.165, 1.54) is 4.88 Å². The molecule has 0 aromatic carbocycles. The highest BCUT2D eigenvalue weighted by Gasteiger charge is 2.08. The lowest BCUT2D eigenvalue weighted by Crippen LogP contribution is -2.26. The van der Waals surface area contributed by atoms with Gasteiger partial charge in [-0.05, 0) is 43.2 Å². The molecule has 1 rings (SSSR count). The summed E-state index contributed by atoms with van der Waals surface area (Å²) >= 11 is 1.74. The van der Waals surface area contributed by atoms with Crippen molar-refractivity contribution in [2.45, 2.75) is 39.0 Å². The molecule has 4 heteroatoms. The highest BCUT2D eigenvalue weighted by molar-refractivity contribution is 7.09. The van der Waals surface area contributed by atoms with Gasteiger partial charge in [0.2, 0.25) is 5.91 Å². The molecule has 0 fully saturated rings. The summed E-state index contributed by atoms with van der Waals surface area (Å²) in [6.45, 7) is 3.63. The summed E-state index contributed by atoms with van der Waals surface area (Å²) in [5, 5.41) is 5.04. The molecule has 0 saturated carbocycles. The van der Waals surface area contributed by atoms with Crippen molar-refractivity contribution in [2.24, 2.45) is 11.7 Å². The summed E-state index contributed by atoms with van der Waals surface area (Å²) in [7, 11) is 0. The molecule has 3 N–H and O–H groups in total. The molecule has 0 radical (unpaired) electrons. The fourth-order valence-corrected chi connectivity index (χ4v) is 2.70. The first kappa shape index (κ1) is 15.2. The molecule has 1 aromatic heterocycles. The van der Waals surface area contributed by atoms with Crippen LogP contribution in [0.1, 0.15) is 37.5 Å². The largest absolute Gasteiger partial charge is 0.356 e. The van der Waals surface area contributed by atoms with E-state index < -0.39 is 0 Å². The summed E-state index contributed by atoms with van der Waals surface area (Å²) in [6.07, 6.45) is 4.66. The number of rotatable bonds is 9. The van der Waals surface area contributed by atoms with Crippen LogP contribution in [-0.4, -0.2) is 19.0 Å².